The number of sulfonamides is 1. The summed E-state index contributed by atoms with van der Waals surface area (Å²) in [6, 6.07) is 3.70. The van der Waals surface area contributed by atoms with E-state index in [9.17, 15) is 18.0 Å². The molecule has 0 bridgehead atoms. The van der Waals surface area contributed by atoms with Gasteiger partial charge in [0.2, 0.25) is 0 Å². The van der Waals surface area contributed by atoms with Gasteiger partial charge in [0.1, 0.15) is 4.90 Å². The Hall–Kier alpha value is -1.93. The lowest BCUT2D eigenvalue weighted by atomic mass is 9.93. The third-order valence-corrected chi connectivity index (χ3v) is 6.23. The molecule has 1 aliphatic rings. The van der Waals surface area contributed by atoms with Gasteiger partial charge in [-0.2, -0.15) is 0 Å². The Balaban J connectivity index is 2.39. The summed E-state index contributed by atoms with van der Waals surface area (Å²) >= 11 is 0. The molecule has 1 aromatic carbocycles. The van der Waals surface area contributed by atoms with Gasteiger partial charge in [-0.25, -0.2) is 12.7 Å². The third-order valence-electron chi connectivity index (χ3n) is 4.23. The second-order valence-corrected chi connectivity index (χ2v) is 9.22. The number of carbonyl (C=O) groups is 2. The molecule has 0 saturated carbocycles. The smallest absolute Gasteiger partial charge is 0.269 e. The van der Waals surface area contributed by atoms with Crippen LogP contribution in [0.3, 0.4) is 0 Å². The molecule has 8 heteroatoms. The maximum Gasteiger partial charge on any atom is 0.269 e. The van der Waals surface area contributed by atoms with Crippen LogP contribution in [0.1, 0.15) is 48.4 Å². The Morgan fingerprint density at radius 2 is 1.92 bits per heavy atom. The quantitative estimate of drug-likeness (QED) is 0.845. The summed E-state index contributed by atoms with van der Waals surface area (Å²) in [7, 11) is -2.28. The van der Waals surface area contributed by atoms with Crippen LogP contribution >= 0.6 is 0 Å². The minimum absolute atomic E-state index is 0.107. The predicted octanol–water partition coefficient (Wildman–Crippen LogP) is 1.30. The number of amides is 2. The van der Waals surface area contributed by atoms with Crippen LogP contribution in [0.15, 0.2) is 23.1 Å². The first kappa shape index (κ1) is 19.4. The van der Waals surface area contributed by atoms with Gasteiger partial charge in [0, 0.05) is 25.2 Å². The summed E-state index contributed by atoms with van der Waals surface area (Å²) in [5.41, 5.74) is 5.79. The highest BCUT2D eigenvalue weighted by Crippen LogP contribution is 2.32. The molecule has 0 aliphatic carbocycles. The van der Waals surface area contributed by atoms with Gasteiger partial charge in [0.15, 0.2) is 0 Å². The number of hydrogen-bond acceptors (Lipinski definition) is 5. The largest absolute Gasteiger partial charge is 0.341 e. The van der Waals surface area contributed by atoms with Crippen LogP contribution in [0.5, 0.6) is 0 Å². The molecule has 0 radical (unpaired) electrons. The highest BCUT2D eigenvalue weighted by atomic mass is 32.2. The molecule has 1 aromatic rings. The second kappa shape index (κ2) is 6.42. The molecule has 2 N–H and O–H groups in total. The van der Waals surface area contributed by atoms with E-state index in [1.54, 1.807) is 20.9 Å². The Morgan fingerprint density at radius 1 is 1.32 bits per heavy atom. The van der Waals surface area contributed by atoms with Crippen molar-refractivity contribution in [3.05, 3.63) is 29.3 Å². The van der Waals surface area contributed by atoms with E-state index < -0.39 is 22.0 Å². The summed E-state index contributed by atoms with van der Waals surface area (Å²) in [5.74, 6) is -0.864. The van der Waals surface area contributed by atoms with Gasteiger partial charge in [0.25, 0.3) is 21.8 Å². The SMILES string of the molecule is CC(C)N1C(=O)c2ccc(C(=O)N(C)CC(C)(C)CN)cc2S1(=O)=O. The highest BCUT2D eigenvalue weighted by molar-refractivity contribution is 7.90. The van der Waals surface area contributed by atoms with Gasteiger partial charge in [-0.3, -0.25) is 9.59 Å². The standard InChI is InChI=1S/C17H25N3O4S/c1-11(2)20-16(22)13-7-6-12(8-14(13)25(20,23)24)15(21)19(5)10-17(3,4)9-18/h6-8,11H,9-10,18H2,1-5H3. The molecule has 2 amide bonds. The normalized spacial score (nSPS) is 16.3. The summed E-state index contributed by atoms with van der Waals surface area (Å²) in [5, 5.41) is 0. The maximum atomic E-state index is 12.6. The number of nitrogens with zero attached hydrogens (tertiary/aromatic N) is 2. The molecule has 0 spiro atoms. The first-order valence-corrected chi connectivity index (χ1v) is 9.55. The lowest BCUT2D eigenvalue weighted by Crippen LogP contribution is -2.39. The van der Waals surface area contributed by atoms with E-state index in [2.05, 4.69) is 0 Å². The molecule has 2 rings (SSSR count). The van der Waals surface area contributed by atoms with E-state index in [1.165, 1.54) is 23.1 Å². The van der Waals surface area contributed by atoms with Gasteiger partial charge in [-0.05, 0) is 44.0 Å². The van der Waals surface area contributed by atoms with Crippen LogP contribution in [0.25, 0.3) is 0 Å². The monoisotopic (exact) mass is 367 g/mol. The molecule has 0 fully saturated rings. The van der Waals surface area contributed by atoms with Gasteiger partial charge in [0.05, 0.1) is 5.56 Å². The third kappa shape index (κ3) is 3.41. The van der Waals surface area contributed by atoms with Crippen molar-refractivity contribution < 1.29 is 18.0 Å². The van der Waals surface area contributed by atoms with Crippen LogP contribution in [0.2, 0.25) is 0 Å². The molecule has 25 heavy (non-hydrogen) atoms. The minimum atomic E-state index is -3.92. The Bertz CT molecular complexity index is 815. The molecule has 1 heterocycles. The molecule has 0 saturated heterocycles. The van der Waals surface area contributed by atoms with Crippen molar-refractivity contribution in [3.8, 4) is 0 Å². The van der Waals surface area contributed by atoms with Crippen molar-refractivity contribution in [2.75, 3.05) is 20.1 Å². The van der Waals surface area contributed by atoms with Crippen LogP contribution < -0.4 is 5.73 Å². The summed E-state index contributed by atoms with van der Waals surface area (Å²) in [4.78, 5) is 26.4. The van der Waals surface area contributed by atoms with E-state index in [0.717, 1.165) is 4.31 Å². The van der Waals surface area contributed by atoms with Crippen molar-refractivity contribution in [1.29, 1.82) is 0 Å². The molecule has 1 aliphatic heterocycles. The number of nitrogens with two attached hydrogens (primary N) is 1. The zero-order chi connectivity index (χ0) is 19.2. The Kier molecular flexibility index (Phi) is 4.98. The van der Waals surface area contributed by atoms with Crippen molar-refractivity contribution >= 4 is 21.8 Å². The zero-order valence-electron chi connectivity index (χ0n) is 15.2. The molecule has 0 unspecified atom stereocenters. The van der Waals surface area contributed by atoms with Crippen LogP contribution in [-0.4, -0.2) is 55.6 Å². The number of carbonyl (C=O) groups excluding carboxylic acids is 2. The van der Waals surface area contributed by atoms with Crippen molar-refractivity contribution in [1.82, 2.24) is 9.21 Å². The highest BCUT2D eigenvalue weighted by Gasteiger charge is 2.43. The summed E-state index contributed by atoms with van der Waals surface area (Å²) in [6.07, 6.45) is 0. The molecule has 0 aromatic heterocycles. The number of hydrogen-bond donors (Lipinski definition) is 1. The van der Waals surface area contributed by atoms with E-state index >= 15 is 0 Å². The average molecular weight is 367 g/mol. The topological polar surface area (TPSA) is 101 Å². The lowest BCUT2D eigenvalue weighted by molar-refractivity contribution is 0.0739. The second-order valence-electron chi connectivity index (χ2n) is 7.44. The van der Waals surface area contributed by atoms with Crippen molar-refractivity contribution in [3.63, 3.8) is 0 Å². The zero-order valence-corrected chi connectivity index (χ0v) is 16.1. The van der Waals surface area contributed by atoms with E-state index in [1.807, 2.05) is 13.8 Å². The van der Waals surface area contributed by atoms with Gasteiger partial charge < -0.3 is 10.6 Å². The molecule has 7 nitrogen and oxygen atoms in total. The maximum absolute atomic E-state index is 12.6. The Labute approximate surface area is 148 Å². The molecular formula is C17H25N3O4S. The summed E-state index contributed by atoms with van der Waals surface area (Å²) < 4.78 is 26.1. The fraction of sp³-hybridized carbons (Fsp3) is 0.529. The predicted molar refractivity (Wildman–Crippen MR) is 94.7 cm³/mol. The van der Waals surface area contributed by atoms with E-state index in [0.29, 0.717) is 13.1 Å². The fourth-order valence-corrected chi connectivity index (χ4v) is 4.68. The number of benzene rings is 1. The van der Waals surface area contributed by atoms with Crippen LogP contribution in [0, 0.1) is 5.41 Å². The van der Waals surface area contributed by atoms with Gasteiger partial charge in [-0.1, -0.05) is 13.8 Å². The van der Waals surface area contributed by atoms with Crippen molar-refractivity contribution in [2.24, 2.45) is 11.1 Å². The van der Waals surface area contributed by atoms with Crippen LogP contribution in [0.4, 0.5) is 0 Å². The van der Waals surface area contributed by atoms with E-state index in [-0.39, 0.29) is 27.3 Å². The lowest BCUT2D eigenvalue weighted by Gasteiger charge is -2.29. The number of rotatable bonds is 5. The van der Waals surface area contributed by atoms with Gasteiger partial charge >= 0.3 is 0 Å². The summed E-state index contributed by atoms with van der Waals surface area (Å²) in [6.45, 7) is 8.02. The Morgan fingerprint density at radius 3 is 2.44 bits per heavy atom. The minimum Gasteiger partial charge on any atom is -0.341 e. The molecular weight excluding hydrogens is 342 g/mol. The first-order valence-electron chi connectivity index (χ1n) is 8.11. The molecule has 138 valence electrons. The van der Waals surface area contributed by atoms with E-state index in [4.69, 9.17) is 5.73 Å². The average Bonchev–Trinajstić information content (AvgIpc) is 2.72. The number of fused-ring (bicyclic) bond motifs is 1. The van der Waals surface area contributed by atoms with Crippen LogP contribution in [-0.2, 0) is 10.0 Å². The van der Waals surface area contributed by atoms with Crippen molar-refractivity contribution in [2.45, 2.75) is 38.6 Å². The first-order chi connectivity index (χ1) is 11.4. The fourth-order valence-electron chi connectivity index (χ4n) is 2.89. The molecule has 0 atom stereocenters. The van der Waals surface area contributed by atoms with Gasteiger partial charge in [-0.15, -0.1) is 0 Å².